The van der Waals surface area contributed by atoms with E-state index in [1.165, 1.54) is 19.3 Å². The van der Waals surface area contributed by atoms with Gasteiger partial charge in [-0.3, -0.25) is 9.59 Å². The van der Waals surface area contributed by atoms with Gasteiger partial charge in [-0.1, -0.05) is 58.8 Å². The van der Waals surface area contributed by atoms with Crippen molar-refractivity contribution in [2.75, 3.05) is 5.33 Å². The van der Waals surface area contributed by atoms with Crippen molar-refractivity contribution < 1.29 is 14.3 Å². The fourth-order valence-electron chi connectivity index (χ4n) is 2.18. The Kier molecular flexibility index (Phi) is 15.3. The maximum Gasteiger partial charge on any atom is 0.313 e. The van der Waals surface area contributed by atoms with E-state index >= 15 is 0 Å². The second-order valence-electron chi connectivity index (χ2n) is 7.26. The Hall–Kier alpha value is -1.16. The second kappa shape index (κ2) is 16.0. The van der Waals surface area contributed by atoms with Gasteiger partial charge in [0.2, 0.25) is 0 Å². The number of alkyl halides is 1. The molecule has 0 atom stereocenters. The molecule has 0 bridgehead atoms. The minimum atomic E-state index is -0.536. The predicted molar refractivity (Wildman–Crippen MR) is 114 cm³/mol. The van der Waals surface area contributed by atoms with E-state index in [2.05, 4.69) is 46.3 Å². The van der Waals surface area contributed by atoms with Crippen LogP contribution in [0.25, 0.3) is 0 Å². The summed E-state index contributed by atoms with van der Waals surface area (Å²) in [5.74, 6) is -0.508. The van der Waals surface area contributed by atoms with Crippen molar-refractivity contribution >= 4 is 27.7 Å². The van der Waals surface area contributed by atoms with Crippen molar-refractivity contribution in [3.63, 3.8) is 0 Å². The van der Waals surface area contributed by atoms with Crippen molar-refractivity contribution in [2.45, 2.75) is 84.2 Å². The van der Waals surface area contributed by atoms with Crippen LogP contribution in [0.1, 0.15) is 78.6 Å². The van der Waals surface area contributed by atoms with Crippen molar-refractivity contribution in [2.24, 2.45) is 0 Å². The van der Waals surface area contributed by atoms with Gasteiger partial charge in [0, 0.05) is 11.8 Å². The van der Waals surface area contributed by atoms with Gasteiger partial charge in [0.15, 0.2) is 0 Å². The summed E-state index contributed by atoms with van der Waals surface area (Å²) < 4.78 is 5.14. The molecule has 0 aromatic carbocycles. The van der Waals surface area contributed by atoms with Crippen LogP contribution >= 0.6 is 15.9 Å². The second-order valence-corrected chi connectivity index (χ2v) is 8.06. The molecular weight excluding hydrogens is 392 g/mol. The predicted octanol–water partition coefficient (Wildman–Crippen LogP) is 6.47. The molecule has 0 fully saturated rings. The van der Waals surface area contributed by atoms with Crippen LogP contribution in [0.2, 0.25) is 0 Å². The summed E-state index contributed by atoms with van der Waals surface area (Å²) in [4.78, 5) is 23.2. The molecule has 0 N–H and O–H groups in total. The SMILES string of the molecule is CC(C)(C)OC(=O)CC(=O)CCC=CCC=CCC=CCCCCCBr. The van der Waals surface area contributed by atoms with Gasteiger partial charge in [-0.25, -0.2) is 0 Å². The van der Waals surface area contributed by atoms with Crippen LogP contribution in [0, 0.1) is 0 Å². The first-order chi connectivity index (χ1) is 12.3. The molecule has 0 radical (unpaired) electrons. The monoisotopic (exact) mass is 426 g/mol. The molecule has 0 saturated heterocycles. The lowest BCUT2D eigenvalue weighted by Gasteiger charge is -2.19. The van der Waals surface area contributed by atoms with Gasteiger partial charge in [-0.15, -0.1) is 0 Å². The van der Waals surface area contributed by atoms with E-state index in [9.17, 15) is 9.59 Å². The number of carbonyl (C=O) groups is 2. The summed E-state index contributed by atoms with van der Waals surface area (Å²) in [7, 11) is 0. The molecule has 0 aliphatic carbocycles. The molecule has 0 unspecified atom stereocenters. The molecule has 3 nitrogen and oxygen atoms in total. The van der Waals surface area contributed by atoms with Gasteiger partial charge >= 0.3 is 5.97 Å². The average molecular weight is 427 g/mol. The molecule has 0 spiro atoms. The van der Waals surface area contributed by atoms with E-state index in [1.807, 2.05) is 6.08 Å². The molecule has 0 aromatic rings. The highest BCUT2D eigenvalue weighted by atomic mass is 79.9. The number of esters is 1. The zero-order valence-corrected chi connectivity index (χ0v) is 18.2. The van der Waals surface area contributed by atoms with E-state index in [0.717, 1.165) is 24.6 Å². The van der Waals surface area contributed by atoms with Crippen molar-refractivity contribution in [1.29, 1.82) is 0 Å². The molecule has 4 heteroatoms. The molecule has 148 valence electrons. The Morgan fingerprint density at radius 3 is 2.00 bits per heavy atom. The highest BCUT2D eigenvalue weighted by Gasteiger charge is 2.18. The van der Waals surface area contributed by atoms with E-state index in [4.69, 9.17) is 4.74 Å². The Morgan fingerprint density at radius 1 is 0.846 bits per heavy atom. The largest absolute Gasteiger partial charge is 0.460 e. The lowest BCUT2D eigenvalue weighted by atomic mass is 10.1. The molecule has 0 aliphatic heterocycles. The molecule has 0 amide bonds. The smallest absolute Gasteiger partial charge is 0.313 e. The van der Waals surface area contributed by atoms with Crippen LogP contribution in [0.4, 0.5) is 0 Å². The zero-order valence-electron chi connectivity index (χ0n) is 16.6. The lowest BCUT2D eigenvalue weighted by Crippen LogP contribution is -2.25. The van der Waals surface area contributed by atoms with Gasteiger partial charge < -0.3 is 4.74 Å². The fourth-order valence-corrected chi connectivity index (χ4v) is 2.58. The first kappa shape index (κ1) is 24.8. The zero-order chi connectivity index (χ0) is 19.7. The van der Waals surface area contributed by atoms with Crippen LogP contribution in [-0.4, -0.2) is 22.7 Å². The van der Waals surface area contributed by atoms with Gasteiger partial charge in [0.1, 0.15) is 17.8 Å². The van der Waals surface area contributed by atoms with Crippen molar-refractivity contribution in [3.8, 4) is 0 Å². The van der Waals surface area contributed by atoms with Crippen molar-refractivity contribution in [1.82, 2.24) is 0 Å². The third-order valence-electron chi connectivity index (χ3n) is 3.40. The molecular formula is C22H35BrO3. The summed E-state index contributed by atoms with van der Waals surface area (Å²) in [6, 6.07) is 0. The van der Waals surface area contributed by atoms with E-state index in [-0.39, 0.29) is 12.2 Å². The first-order valence-corrected chi connectivity index (χ1v) is 10.7. The Bertz CT molecular complexity index is 470. The molecule has 0 heterocycles. The van der Waals surface area contributed by atoms with Crippen LogP contribution < -0.4 is 0 Å². The van der Waals surface area contributed by atoms with E-state index < -0.39 is 11.6 Å². The lowest BCUT2D eigenvalue weighted by molar-refractivity contribution is -0.156. The summed E-state index contributed by atoms with van der Waals surface area (Å²) in [6.07, 6.45) is 20.6. The summed E-state index contributed by atoms with van der Waals surface area (Å²) in [5.41, 5.74) is -0.536. The van der Waals surface area contributed by atoms with Gasteiger partial charge in [0.25, 0.3) is 0 Å². The molecule has 0 aliphatic rings. The number of halogens is 1. The Balaban J connectivity index is 3.64. The van der Waals surface area contributed by atoms with Crippen LogP contribution in [0.3, 0.4) is 0 Å². The summed E-state index contributed by atoms with van der Waals surface area (Å²) >= 11 is 3.44. The van der Waals surface area contributed by atoms with Crippen LogP contribution in [0.15, 0.2) is 36.5 Å². The number of unbranched alkanes of at least 4 members (excludes halogenated alkanes) is 3. The summed E-state index contributed by atoms with van der Waals surface area (Å²) in [5, 5.41) is 1.10. The quantitative estimate of drug-likeness (QED) is 0.105. The number of ether oxygens (including phenoxy) is 1. The van der Waals surface area contributed by atoms with Gasteiger partial charge in [-0.2, -0.15) is 0 Å². The maximum atomic E-state index is 11.7. The number of ketones is 1. The molecule has 26 heavy (non-hydrogen) atoms. The topological polar surface area (TPSA) is 43.4 Å². The number of hydrogen-bond acceptors (Lipinski definition) is 3. The number of carbonyl (C=O) groups excluding carboxylic acids is 2. The van der Waals surface area contributed by atoms with Crippen molar-refractivity contribution in [3.05, 3.63) is 36.5 Å². The highest BCUT2D eigenvalue weighted by molar-refractivity contribution is 9.09. The van der Waals surface area contributed by atoms with Gasteiger partial charge in [-0.05, 0) is 59.3 Å². The fraction of sp³-hybridized carbons (Fsp3) is 0.636. The average Bonchev–Trinajstić information content (AvgIpc) is 2.53. The summed E-state index contributed by atoms with van der Waals surface area (Å²) in [6.45, 7) is 5.40. The Labute approximate surface area is 168 Å². The molecule has 0 aromatic heterocycles. The minimum Gasteiger partial charge on any atom is -0.460 e. The van der Waals surface area contributed by atoms with Crippen LogP contribution in [-0.2, 0) is 14.3 Å². The third kappa shape index (κ3) is 19.2. The molecule has 0 saturated carbocycles. The Morgan fingerprint density at radius 2 is 1.42 bits per heavy atom. The normalized spacial score (nSPS) is 12.5. The third-order valence-corrected chi connectivity index (χ3v) is 3.96. The minimum absolute atomic E-state index is 0.0688. The number of allylic oxidation sites excluding steroid dienone is 6. The number of Topliss-reactive ketones (excluding diaryl/α,β-unsaturated/α-hetero) is 1. The van der Waals surface area contributed by atoms with Gasteiger partial charge in [0.05, 0.1) is 0 Å². The first-order valence-electron chi connectivity index (χ1n) is 9.59. The number of rotatable bonds is 14. The number of hydrogen-bond donors (Lipinski definition) is 0. The highest BCUT2D eigenvalue weighted by Crippen LogP contribution is 2.09. The maximum absolute atomic E-state index is 11.7. The van der Waals surface area contributed by atoms with Crippen LogP contribution in [0.5, 0.6) is 0 Å². The standard InChI is InChI=1S/C22H35BrO3/c1-22(2,3)26-21(25)19-20(24)17-15-13-11-9-7-5-4-6-8-10-12-14-16-18-23/h5-8,11,13H,4,9-10,12,14-19H2,1-3H3. The molecule has 0 rings (SSSR count). The van der Waals surface area contributed by atoms with E-state index in [1.54, 1.807) is 20.8 Å². The van der Waals surface area contributed by atoms with E-state index in [0.29, 0.717) is 12.8 Å².